The van der Waals surface area contributed by atoms with E-state index in [0.717, 1.165) is 0 Å². The SMILES string of the molecule is Cc1cccc[nH+]1.Cc1cccc[nH+]1.O=C1C(O)=C(Cl)C(=O)C(O)=C1Cl.[Cl-].[Cl-]. The zero-order valence-electron chi connectivity index (χ0n) is 14.8. The molecule has 1 aliphatic rings. The molecule has 4 N–H and O–H groups in total. The molecule has 0 spiro atoms. The molecule has 2 aromatic rings. The number of nitrogens with one attached hydrogen (secondary N) is 2. The van der Waals surface area contributed by atoms with Crippen molar-refractivity contribution < 1.29 is 54.6 Å². The molecule has 10 heteroatoms. The standard InChI is InChI=1S/C6H2Cl2O4.2C6H7N.2ClH/c7-1-3(9)5(11)2(8)6(12)4(1)10;2*1-6-4-2-3-5-7-6;;/h9,12H;2*2-5H,1H3;2*1H. The first-order chi connectivity index (χ1) is 12.3. The van der Waals surface area contributed by atoms with Crippen molar-refractivity contribution in [3.63, 3.8) is 0 Å². The Morgan fingerprint density at radius 3 is 1.21 bits per heavy atom. The van der Waals surface area contributed by atoms with E-state index in [1.54, 1.807) is 0 Å². The maximum Gasteiger partial charge on any atom is 0.244 e. The molecule has 0 saturated heterocycles. The van der Waals surface area contributed by atoms with Gasteiger partial charge < -0.3 is 35.0 Å². The van der Waals surface area contributed by atoms with E-state index in [2.05, 4.69) is 9.97 Å². The van der Waals surface area contributed by atoms with Gasteiger partial charge in [-0.15, -0.1) is 0 Å². The Hall–Kier alpha value is -2.12. The van der Waals surface area contributed by atoms with Crippen molar-refractivity contribution in [3.8, 4) is 0 Å². The highest BCUT2D eigenvalue weighted by Gasteiger charge is 2.32. The predicted molar refractivity (Wildman–Crippen MR) is 96.5 cm³/mol. The summed E-state index contributed by atoms with van der Waals surface area (Å²) in [5.74, 6) is -3.99. The summed E-state index contributed by atoms with van der Waals surface area (Å²) in [6.45, 7) is 4.06. The lowest BCUT2D eigenvalue weighted by Crippen LogP contribution is -3.00. The Labute approximate surface area is 184 Å². The van der Waals surface area contributed by atoms with E-state index in [4.69, 9.17) is 33.4 Å². The van der Waals surface area contributed by atoms with Crippen LogP contribution in [0, 0.1) is 13.8 Å². The summed E-state index contributed by atoms with van der Waals surface area (Å²) in [7, 11) is 0. The van der Waals surface area contributed by atoms with E-state index in [1.807, 2.05) is 62.6 Å². The summed E-state index contributed by atoms with van der Waals surface area (Å²) in [6.07, 6.45) is 3.82. The van der Waals surface area contributed by atoms with E-state index in [9.17, 15) is 9.59 Å². The van der Waals surface area contributed by atoms with E-state index >= 15 is 0 Å². The normalized spacial score (nSPS) is 12.6. The molecule has 0 amide bonds. The molecular weight excluding hydrogens is 450 g/mol. The molecule has 0 atom stereocenters. The number of carbonyl (C=O) groups excluding carboxylic acids is 2. The molecule has 2 aromatic heterocycles. The number of hydrogen-bond donors (Lipinski definition) is 2. The fraction of sp³-hybridized carbons (Fsp3) is 0.111. The average molecular weight is 468 g/mol. The number of rotatable bonds is 0. The number of H-pyrrole nitrogens is 2. The fourth-order valence-electron chi connectivity index (χ4n) is 1.59. The van der Waals surface area contributed by atoms with Crippen LogP contribution in [0.25, 0.3) is 0 Å². The lowest BCUT2D eigenvalue weighted by atomic mass is 10.1. The second kappa shape index (κ2) is 14.0. The third-order valence-electron chi connectivity index (χ3n) is 2.97. The summed E-state index contributed by atoms with van der Waals surface area (Å²) in [5, 5.41) is 16.3. The van der Waals surface area contributed by atoms with Gasteiger partial charge in [0.2, 0.25) is 11.6 Å². The number of aromatic amines is 2. The number of aliphatic hydroxyl groups excluding tert-OH is 2. The van der Waals surface area contributed by atoms with Gasteiger partial charge in [-0.1, -0.05) is 35.3 Å². The van der Waals surface area contributed by atoms with E-state index in [-0.39, 0.29) is 24.8 Å². The van der Waals surface area contributed by atoms with Crippen LogP contribution in [0.2, 0.25) is 0 Å². The number of aromatic nitrogens is 2. The summed E-state index contributed by atoms with van der Waals surface area (Å²) in [6, 6.07) is 12.0. The van der Waals surface area contributed by atoms with Crippen LogP contribution in [0.1, 0.15) is 11.4 Å². The summed E-state index contributed by atoms with van der Waals surface area (Å²) >= 11 is 10.4. The minimum Gasteiger partial charge on any atom is -1.00 e. The van der Waals surface area contributed by atoms with Gasteiger partial charge in [0, 0.05) is 38.1 Å². The average Bonchev–Trinajstić information content (AvgIpc) is 2.65. The van der Waals surface area contributed by atoms with Gasteiger partial charge in [-0.2, -0.15) is 0 Å². The molecule has 3 rings (SSSR count). The molecule has 28 heavy (non-hydrogen) atoms. The van der Waals surface area contributed by atoms with Gasteiger partial charge in [0.05, 0.1) is 0 Å². The van der Waals surface area contributed by atoms with Gasteiger partial charge in [0.25, 0.3) is 0 Å². The van der Waals surface area contributed by atoms with Gasteiger partial charge in [-0.25, -0.2) is 9.97 Å². The van der Waals surface area contributed by atoms with E-state index in [0.29, 0.717) is 0 Å². The van der Waals surface area contributed by atoms with Crippen LogP contribution in [0.3, 0.4) is 0 Å². The van der Waals surface area contributed by atoms with Gasteiger partial charge in [-0.05, 0) is 0 Å². The van der Waals surface area contributed by atoms with Crippen molar-refractivity contribution in [1.82, 2.24) is 0 Å². The van der Waals surface area contributed by atoms with Crippen LogP contribution in [0.15, 0.2) is 70.4 Å². The first-order valence-corrected chi connectivity index (χ1v) is 8.14. The van der Waals surface area contributed by atoms with Crippen LogP contribution >= 0.6 is 23.2 Å². The number of ketones is 2. The molecule has 152 valence electrons. The van der Waals surface area contributed by atoms with E-state index < -0.39 is 33.1 Å². The largest absolute Gasteiger partial charge is 1.00 e. The number of pyridine rings is 2. The smallest absolute Gasteiger partial charge is 0.244 e. The maximum absolute atomic E-state index is 10.8. The van der Waals surface area contributed by atoms with E-state index in [1.165, 1.54) is 11.4 Å². The van der Waals surface area contributed by atoms with Crippen molar-refractivity contribution in [2.45, 2.75) is 13.8 Å². The predicted octanol–water partition coefficient (Wildman–Crippen LogP) is -3.22. The van der Waals surface area contributed by atoms with Gasteiger partial charge >= 0.3 is 0 Å². The first-order valence-electron chi connectivity index (χ1n) is 7.39. The van der Waals surface area contributed by atoms with Crippen molar-refractivity contribution in [2.24, 2.45) is 0 Å². The van der Waals surface area contributed by atoms with Crippen LogP contribution in [0.5, 0.6) is 0 Å². The number of hydrogen-bond acceptors (Lipinski definition) is 4. The Bertz CT molecular complexity index is 742. The van der Waals surface area contributed by atoms with Crippen molar-refractivity contribution in [2.75, 3.05) is 0 Å². The second-order valence-corrected chi connectivity index (χ2v) is 5.83. The number of carbonyl (C=O) groups is 2. The summed E-state index contributed by atoms with van der Waals surface area (Å²) < 4.78 is 0. The highest BCUT2D eigenvalue weighted by molar-refractivity contribution is 6.55. The van der Waals surface area contributed by atoms with Crippen LogP contribution in [0.4, 0.5) is 0 Å². The Balaban J connectivity index is 0. The molecule has 0 aliphatic heterocycles. The fourth-order valence-corrected chi connectivity index (χ4v) is 1.94. The number of halogens is 4. The number of allylic oxidation sites excluding steroid dienone is 2. The zero-order valence-corrected chi connectivity index (χ0v) is 17.9. The Morgan fingerprint density at radius 2 is 1.04 bits per heavy atom. The topological polar surface area (TPSA) is 103 Å². The lowest BCUT2D eigenvalue weighted by molar-refractivity contribution is -0.387. The van der Waals surface area contributed by atoms with Crippen LogP contribution in [-0.2, 0) is 9.59 Å². The summed E-state index contributed by atoms with van der Waals surface area (Å²) in [4.78, 5) is 27.7. The van der Waals surface area contributed by atoms with Crippen LogP contribution in [-0.4, -0.2) is 21.8 Å². The van der Waals surface area contributed by atoms with Crippen molar-refractivity contribution in [3.05, 3.63) is 81.8 Å². The van der Waals surface area contributed by atoms with Crippen molar-refractivity contribution >= 4 is 34.8 Å². The molecule has 2 heterocycles. The van der Waals surface area contributed by atoms with Crippen molar-refractivity contribution in [1.29, 1.82) is 0 Å². The molecule has 6 nitrogen and oxygen atoms in total. The maximum atomic E-state index is 10.8. The molecule has 0 saturated carbocycles. The highest BCUT2D eigenvalue weighted by Crippen LogP contribution is 2.26. The molecule has 1 aliphatic carbocycles. The van der Waals surface area contributed by atoms with Crippen LogP contribution < -0.4 is 34.8 Å². The quantitative estimate of drug-likeness (QED) is 0.398. The third kappa shape index (κ3) is 8.71. The molecule has 0 aromatic carbocycles. The Morgan fingerprint density at radius 1 is 0.714 bits per heavy atom. The lowest BCUT2D eigenvalue weighted by Gasteiger charge is -2.08. The summed E-state index contributed by atoms with van der Waals surface area (Å²) in [5.41, 5.74) is 2.39. The van der Waals surface area contributed by atoms with Gasteiger partial charge in [-0.3, -0.25) is 9.59 Å². The molecule has 0 unspecified atom stereocenters. The van der Waals surface area contributed by atoms with Gasteiger partial charge in [0.1, 0.15) is 10.1 Å². The number of Topliss-reactive ketones (excluding diaryl/α,β-unsaturated/α-hetero) is 2. The molecular formula is C18H18Cl4N2O4. The molecule has 0 fully saturated rings. The van der Waals surface area contributed by atoms with Gasteiger partial charge in [0.15, 0.2) is 35.3 Å². The molecule has 0 radical (unpaired) electrons. The minimum absolute atomic E-state index is 0. The number of aryl methyl sites for hydroxylation is 2. The monoisotopic (exact) mass is 466 g/mol. The second-order valence-electron chi connectivity index (χ2n) is 5.07. The molecule has 0 bridgehead atoms. The first kappa shape index (κ1) is 28.1. The third-order valence-corrected chi connectivity index (χ3v) is 3.68. The minimum atomic E-state index is -1.06. The Kier molecular flexibility index (Phi) is 14.0. The number of aliphatic hydroxyl groups is 2. The zero-order chi connectivity index (χ0) is 19.7. The highest BCUT2D eigenvalue weighted by atomic mass is 35.5.